The Kier molecular flexibility index (Phi) is 5.22. The van der Waals surface area contributed by atoms with Gasteiger partial charge < -0.3 is 0 Å². The third-order valence-electron chi connectivity index (χ3n) is 5.39. The molecule has 2 nitrogen and oxygen atoms in total. The molecule has 2 rings (SSSR count). The van der Waals surface area contributed by atoms with Crippen molar-refractivity contribution in [3.05, 3.63) is 34.9 Å². The quantitative estimate of drug-likeness (QED) is 0.635. The lowest BCUT2D eigenvalue weighted by Crippen LogP contribution is -2.36. The van der Waals surface area contributed by atoms with Gasteiger partial charge in [-0.2, -0.15) is 0 Å². The average molecular weight is 274 g/mol. The number of hydrazine groups is 1. The minimum Gasteiger partial charge on any atom is -0.271 e. The molecule has 20 heavy (non-hydrogen) atoms. The molecule has 1 aromatic rings. The molecule has 1 fully saturated rings. The molecule has 0 saturated heterocycles. The highest BCUT2D eigenvalue weighted by Gasteiger charge is 2.29. The van der Waals surface area contributed by atoms with Gasteiger partial charge in [0.2, 0.25) is 0 Å². The van der Waals surface area contributed by atoms with E-state index in [0.717, 1.165) is 11.8 Å². The number of hydrogen-bond donors (Lipinski definition) is 2. The van der Waals surface area contributed by atoms with E-state index >= 15 is 0 Å². The summed E-state index contributed by atoms with van der Waals surface area (Å²) in [5.41, 5.74) is 7.24. The van der Waals surface area contributed by atoms with Gasteiger partial charge in [0.25, 0.3) is 0 Å². The number of rotatable bonds is 4. The fourth-order valence-corrected chi connectivity index (χ4v) is 3.74. The molecule has 0 amide bonds. The molecule has 3 N–H and O–H groups in total. The van der Waals surface area contributed by atoms with Crippen LogP contribution in [0.3, 0.4) is 0 Å². The highest BCUT2D eigenvalue weighted by molar-refractivity contribution is 5.35. The third-order valence-corrected chi connectivity index (χ3v) is 5.39. The van der Waals surface area contributed by atoms with Crippen molar-refractivity contribution in [1.82, 2.24) is 5.43 Å². The second-order valence-corrected chi connectivity index (χ2v) is 6.85. The summed E-state index contributed by atoms with van der Waals surface area (Å²) in [6, 6.07) is 6.88. The van der Waals surface area contributed by atoms with Gasteiger partial charge in [-0.1, -0.05) is 32.0 Å². The lowest BCUT2D eigenvalue weighted by molar-refractivity contribution is 0.189. The van der Waals surface area contributed by atoms with Crippen LogP contribution in [0.15, 0.2) is 18.2 Å². The van der Waals surface area contributed by atoms with Crippen molar-refractivity contribution in [1.29, 1.82) is 0 Å². The highest BCUT2D eigenvalue weighted by Crippen LogP contribution is 2.39. The summed E-state index contributed by atoms with van der Waals surface area (Å²) in [6.07, 6.45) is 5.30. The Labute approximate surface area is 124 Å². The number of nitrogens with one attached hydrogen (secondary N) is 1. The van der Waals surface area contributed by atoms with Crippen molar-refractivity contribution in [3.63, 3.8) is 0 Å². The molecule has 0 bridgehead atoms. The molecular formula is C18H30N2. The Morgan fingerprint density at radius 2 is 1.65 bits per heavy atom. The molecule has 1 aromatic carbocycles. The standard InChI is InChI=1S/C18H30N2/c1-12(2)15-8-10-16(11-9-15)18(20-19)17-7-5-6-13(3)14(17)4/h5-7,12,15-16,18,20H,8-11,19H2,1-4H3. The van der Waals surface area contributed by atoms with Crippen LogP contribution in [0.4, 0.5) is 0 Å². The molecule has 0 aliphatic heterocycles. The van der Waals surface area contributed by atoms with E-state index in [1.807, 2.05) is 0 Å². The summed E-state index contributed by atoms with van der Waals surface area (Å²) < 4.78 is 0. The zero-order chi connectivity index (χ0) is 14.7. The van der Waals surface area contributed by atoms with E-state index in [1.54, 1.807) is 0 Å². The van der Waals surface area contributed by atoms with Gasteiger partial charge in [0.15, 0.2) is 0 Å². The molecule has 1 saturated carbocycles. The first kappa shape index (κ1) is 15.5. The molecule has 0 heterocycles. The Balaban J connectivity index is 2.12. The van der Waals surface area contributed by atoms with Gasteiger partial charge in [0, 0.05) is 6.04 Å². The normalized spacial score (nSPS) is 24.9. The van der Waals surface area contributed by atoms with Crippen molar-refractivity contribution in [3.8, 4) is 0 Å². The van der Waals surface area contributed by atoms with E-state index < -0.39 is 0 Å². The van der Waals surface area contributed by atoms with Crippen molar-refractivity contribution in [2.24, 2.45) is 23.6 Å². The van der Waals surface area contributed by atoms with E-state index in [2.05, 4.69) is 51.3 Å². The van der Waals surface area contributed by atoms with Gasteiger partial charge in [-0.3, -0.25) is 11.3 Å². The number of nitrogens with two attached hydrogens (primary N) is 1. The maximum Gasteiger partial charge on any atom is 0.0490 e. The molecular weight excluding hydrogens is 244 g/mol. The van der Waals surface area contributed by atoms with Crippen LogP contribution in [0.5, 0.6) is 0 Å². The van der Waals surface area contributed by atoms with Crippen LogP contribution in [0, 0.1) is 31.6 Å². The van der Waals surface area contributed by atoms with Gasteiger partial charge in [0.1, 0.15) is 0 Å². The van der Waals surface area contributed by atoms with Crippen LogP contribution >= 0.6 is 0 Å². The number of aryl methyl sites for hydroxylation is 1. The van der Waals surface area contributed by atoms with Gasteiger partial charge in [-0.05, 0) is 74.0 Å². The van der Waals surface area contributed by atoms with Crippen LogP contribution < -0.4 is 11.3 Å². The average Bonchev–Trinajstić information content (AvgIpc) is 2.45. The topological polar surface area (TPSA) is 38.0 Å². The molecule has 0 spiro atoms. The Morgan fingerprint density at radius 3 is 2.20 bits per heavy atom. The molecule has 1 aliphatic rings. The minimum absolute atomic E-state index is 0.308. The van der Waals surface area contributed by atoms with Crippen molar-refractivity contribution in [2.75, 3.05) is 0 Å². The van der Waals surface area contributed by atoms with Crippen LogP contribution in [0.1, 0.15) is 62.3 Å². The van der Waals surface area contributed by atoms with Crippen LogP contribution in [0.2, 0.25) is 0 Å². The first-order valence-corrected chi connectivity index (χ1v) is 8.06. The first-order valence-electron chi connectivity index (χ1n) is 8.06. The fourth-order valence-electron chi connectivity index (χ4n) is 3.74. The summed E-state index contributed by atoms with van der Waals surface area (Å²) in [7, 11) is 0. The van der Waals surface area contributed by atoms with E-state index in [4.69, 9.17) is 5.84 Å². The Bertz CT molecular complexity index is 431. The summed E-state index contributed by atoms with van der Waals surface area (Å²) in [4.78, 5) is 0. The highest BCUT2D eigenvalue weighted by atomic mass is 15.2. The molecule has 1 atom stereocenters. The van der Waals surface area contributed by atoms with Gasteiger partial charge in [0.05, 0.1) is 0 Å². The van der Waals surface area contributed by atoms with Crippen LogP contribution in [0.25, 0.3) is 0 Å². The lowest BCUT2D eigenvalue weighted by Gasteiger charge is -2.36. The molecule has 2 heteroatoms. The monoisotopic (exact) mass is 274 g/mol. The summed E-state index contributed by atoms with van der Waals surface area (Å²) in [6.45, 7) is 9.11. The van der Waals surface area contributed by atoms with Crippen molar-refractivity contribution in [2.45, 2.75) is 59.4 Å². The second kappa shape index (κ2) is 6.73. The predicted octanol–water partition coefficient (Wildman–Crippen LogP) is 4.27. The molecule has 1 unspecified atom stereocenters. The zero-order valence-corrected chi connectivity index (χ0v) is 13.4. The maximum absolute atomic E-state index is 5.90. The van der Waals surface area contributed by atoms with E-state index in [-0.39, 0.29) is 0 Å². The van der Waals surface area contributed by atoms with Gasteiger partial charge in [-0.25, -0.2) is 0 Å². The fraction of sp³-hybridized carbons (Fsp3) is 0.667. The second-order valence-electron chi connectivity index (χ2n) is 6.85. The molecule has 0 radical (unpaired) electrons. The predicted molar refractivity (Wildman–Crippen MR) is 86.3 cm³/mol. The summed E-state index contributed by atoms with van der Waals surface area (Å²) in [5, 5.41) is 0. The number of hydrogen-bond acceptors (Lipinski definition) is 2. The molecule has 0 aromatic heterocycles. The van der Waals surface area contributed by atoms with E-state index in [0.29, 0.717) is 12.0 Å². The van der Waals surface area contributed by atoms with Crippen molar-refractivity contribution >= 4 is 0 Å². The molecule has 112 valence electrons. The third kappa shape index (κ3) is 3.24. The Hall–Kier alpha value is -0.860. The van der Waals surface area contributed by atoms with E-state index in [1.165, 1.54) is 42.4 Å². The van der Waals surface area contributed by atoms with Gasteiger partial charge >= 0.3 is 0 Å². The number of benzene rings is 1. The Morgan fingerprint density at radius 1 is 1.05 bits per heavy atom. The smallest absolute Gasteiger partial charge is 0.0490 e. The van der Waals surface area contributed by atoms with Crippen LogP contribution in [-0.4, -0.2) is 0 Å². The molecule has 1 aliphatic carbocycles. The van der Waals surface area contributed by atoms with Crippen molar-refractivity contribution < 1.29 is 0 Å². The summed E-state index contributed by atoms with van der Waals surface area (Å²) in [5.74, 6) is 8.30. The lowest BCUT2D eigenvalue weighted by atomic mass is 9.73. The summed E-state index contributed by atoms with van der Waals surface area (Å²) >= 11 is 0. The zero-order valence-electron chi connectivity index (χ0n) is 13.4. The van der Waals surface area contributed by atoms with Crippen LogP contribution in [-0.2, 0) is 0 Å². The minimum atomic E-state index is 0.308. The maximum atomic E-state index is 5.90. The van der Waals surface area contributed by atoms with E-state index in [9.17, 15) is 0 Å². The first-order chi connectivity index (χ1) is 9.54. The van der Waals surface area contributed by atoms with Gasteiger partial charge in [-0.15, -0.1) is 0 Å². The SMILES string of the molecule is Cc1cccc(C(NN)C2CCC(C(C)C)CC2)c1C. The largest absolute Gasteiger partial charge is 0.271 e.